The highest BCUT2D eigenvalue weighted by Crippen LogP contribution is 2.24. The Labute approximate surface area is 100 Å². The molecule has 92 valence electrons. The molecule has 1 unspecified atom stereocenters. The lowest BCUT2D eigenvalue weighted by molar-refractivity contribution is -0.142. The van der Waals surface area contributed by atoms with Crippen LogP contribution in [-0.2, 0) is 9.59 Å². The smallest absolute Gasteiger partial charge is 0.326 e. The summed E-state index contributed by atoms with van der Waals surface area (Å²) in [7, 11) is 0. The number of carboxylic acid groups (broad SMARTS) is 1. The van der Waals surface area contributed by atoms with Crippen LogP contribution in [0.25, 0.3) is 0 Å². The third-order valence-electron chi connectivity index (χ3n) is 2.95. The van der Waals surface area contributed by atoms with Gasteiger partial charge in [0, 0.05) is 5.92 Å². The van der Waals surface area contributed by atoms with Gasteiger partial charge in [0.2, 0.25) is 5.91 Å². The molecule has 16 heavy (non-hydrogen) atoms. The lowest BCUT2D eigenvalue weighted by atomic mass is 10.1. The molecule has 2 N–H and O–H groups in total. The summed E-state index contributed by atoms with van der Waals surface area (Å²) in [5.41, 5.74) is 0. The average molecular weight is 245 g/mol. The normalized spacial score (nSPS) is 18.3. The van der Waals surface area contributed by atoms with Crippen LogP contribution >= 0.6 is 11.8 Å². The van der Waals surface area contributed by atoms with E-state index in [0.29, 0.717) is 6.42 Å². The van der Waals surface area contributed by atoms with Crippen LogP contribution in [0.2, 0.25) is 0 Å². The molecule has 1 saturated carbocycles. The number of carboxylic acids is 1. The first kappa shape index (κ1) is 13.4. The van der Waals surface area contributed by atoms with Gasteiger partial charge in [-0.05, 0) is 31.3 Å². The van der Waals surface area contributed by atoms with E-state index in [1.807, 2.05) is 6.26 Å². The molecule has 1 atom stereocenters. The third-order valence-corrected chi connectivity index (χ3v) is 3.60. The first-order valence-electron chi connectivity index (χ1n) is 5.67. The summed E-state index contributed by atoms with van der Waals surface area (Å²) in [6, 6.07) is -0.722. The summed E-state index contributed by atoms with van der Waals surface area (Å²) < 4.78 is 0. The van der Waals surface area contributed by atoms with Crippen LogP contribution in [0.1, 0.15) is 32.1 Å². The van der Waals surface area contributed by atoms with Crippen molar-refractivity contribution < 1.29 is 14.7 Å². The van der Waals surface area contributed by atoms with E-state index in [4.69, 9.17) is 5.11 Å². The number of nitrogens with one attached hydrogen (secondary N) is 1. The number of aliphatic carboxylic acids is 1. The van der Waals surface area contributed by atoms with Crippen LogP contribution in [0, 0.1) is 5.92 Å². The molecule has 0 bridgehead atoms. The Hall–Kier alpha value is -0.710. The van der Waals surface area contributed by atoms with E-state index in [2.05, 4.69) is 5.32 Å². The molecule has 0 aliphatic heterocycles. The van der Waals surface area contributed by atoms with Crippen molar-refractivity contribution in [3.8, 4) is 0 Å². The molecule has 0 radical (unpaired) electrons. The Morgan fingerprint density at radius 2 is 2.06 bits per heavy atom. The summed E-state index contributed by atoms with van der Waals surface area (Å²) in [5.74, 6) is -0.218. The minimum absolute atomic E-state index is 0.0381. The van der Waals surface area contributed by atoms with Crippen LogP contribution in [0.15, 0.2) is 0 Å². The van der Waals surface area contributed by atoms with Crippen molar-refractivity contribution in [2.45, 2.75) is 38.1 Å². The Kier molecular flexibility index (Phi) is 5.66. The van der Waals surface area contributed by atoms with Crippen LogP contribution in [0.5, 0.6) is 0 Å². The predicted octanol–water partition coefficient (Wildman–Crippen LogP) is 1.50. The van der Waals surface area contributed by atoms with Crippen LogP contribution < -0.4 is 5.32 Å². The SMILES string of the molecule is CSCCC(NC(=O)C1CCCC1)C(=O)O. The van der Waals surface area contributed by atoms with Gasteiger partial charge in [-0.25, -0.2) is 4.79 Å². The molecule has 0 spiro atoms. The fraction of sp³-hybridized carbons (Fsp3) is 0.818. The Morgan fingerprint density at radius 3 is 2.56 bits per heavy atom. The molecule has 0 aromatic heterocycles. The molecular weight excluding hydrogens is 226 g/mol. The fourth-order valence-electron chi connectivity index (χ4n) is 1.97. The number of hydrogen-bond acceptors (Lipinski definition) is 3. The minimum atomic E-state index is -0.930. The van der Waals surface area contributed by atoms with E-state index in [0.717, 1.165) is 31.4 Å². The molecular formula is C11H19NO3S. The number of thioether (sulfide) groups is 1. The average Bonchev–Trinajstić information content (AvgIpc) is 2.76. The molecule has 0 aromatic rings. The Morgan fingerprint density at radius 1 is 1.44 bits per heavy atom. The summed E-state index contributed by atoms with van der Waals surface area (Å²) in [6.45, 7) is 0. The van der Waals surface area contributed by atoms with Gasteiger partial charge in [0.05, 0.1) is 0 Å². The van der Waals surface area contributed by atoms with Crippen LogP contribution in [0.4, 0.5) is 0 Å². The summed E-state index contributed by atoms with van der Waals surface area (Å²) in [4.78, 5) is 22.7. The third kappa shape index (κ3) is 4.04. The number of amides is 1. The lowest BCUT2D eigenvalue weighted by Gasteiger charge is -2.16. The van der Waals surface area contributed by atoms with Gasteiger partial charge in [-0.15, -0.1) is 0 Å². The lowest BCUT2D eigenvalue weighted by Crippen LogP contribution is -2.43. The van der Waals surface area contributed by atoms with Crippen molar-refractivity contribution in [3.63, 3.8) is 0 Å². The molecule has 5 heteroatoms. The standard InChI is InChI=1S/C11H19NO3S/c1-16-7-6-9(11(14)15)12-10(13)8-4-2-3-5-8/h8-9H,2-7H2,1H3,(H,12,13)(H,14,15). The Balaban J connectivity index is 2.40. The molecule has 0 heterocycles. The predicted molar refractivity (Wildman–Crippen MR) is 64.5 cm³/mol. The highest BCUT2D eigenvalue weighted by molar-refractivity contribution is 7.98. The van der Waals surface area contributed by atoms with Gasteiger partial charge < -0.3 is 10.4 Å². The first-order valence-corrected chi connectivity index (χ1v) is 7.06. The van der Waals surface area contributed by atoms with Crippen molar-refractivity contribution in [1.29, 1.82) is 0 Å². The summed E-state index contributed by atoms with van der Waals surface area (Å²) in [5, 5.41) is 11.6. The molecule has 1 aliphatic rings. The van der Waals surface area contributed by atoms with E-state index in [-0.39, 0.29) is 11.8 Å². The van der Waals surface area contributed by atoms with Crippen molar-refractivity contribution in [2.75, 3.05) is 12.0 Å². The topological polar surface area (TPSA) is 66.4 Å². The Bertz CT molecular complexity index is 252. The number of carbonyl (C=O) groups is 2. The second kappa shape index (κ2) is 6.78. The quantitative estimate of drug-likeness (QED) is 0.744. The number of carbonyl (C=O) groups excluding carboxylic acids is 1. The molecule has 1 amide bonds. The van der Waals surface area contributed by atoms with Gasteiger partial charge in [0.15, 0.2) is 0 Å². The maximum absolute atomic E-state index is 11.7. The highest BCUT2D eigenvalue weighted by Gasteiger charge is 2.26. The zero-order valence-corrected chi connectivity index (χ0v) is 10.4. The van der Waals surface area contributed by atoms with Crippen molar-refractivity contribution in [3.05, 3.63) is 0 Å². The highest BCUT2D eigenvalue weighted by atomic mass is 32.2. The van der Waals surface area contributed by atoms with E-state index in [9.17, 15) is 9.59 Å². The molecule has 1 fully saturated rings. The number of rotatable bonds is 6. The maximum atomic E-state index is 11.7. The molecule has 0 aromatic carbocycles. The van der Waals surface area contributed by atoms with E-state index >= 15 is 0 Å². The molecule has 4 nitrogen and oxygen atoms in total. The van der Waals surface area contributed by atoms with Crippen LogP contribution in [0.3, 0.4) is 0 Å². The second-order valence-corrected chi connectivity index (χ2v) is 5.15. The van der Waals surface area contributed by atoms with Gasteiger partial charge in [0.25, 0.3) is 0 Å². The van der Waals surface area contributed by atoms with Crippen molar-refractivity contribution in [2.24, 2.45) is 5.92 Å². The minimum Gasteiger partial charge on any atom is -0.480 e. The monoisotopic (exact) mass is 245 g/mol. The maximum Gasteiger partial charge on any atom is 0.326 e. The summed E-state index contributed by atoms with van der Waals surface area (Å²) >= 11 is 1.59. The molecule has 0 saturated heterocycles. The van der Waals surface area contributed by atoms with Gasteiger partial charge in [-0.2, -0.15) is 11.8 Å². The zero-order valence-electron chi connectivity index (χ0n) is 9.57. The number of hydrogen-bond donors (Lipinski definition) is 2. The van der Waals surface area contributed by atoms with Gasteiger partial charge in [0.1, 0.15) is 6.04 Å². The van der Waals surface area contributed by atoms with Crippen molar-refractivity contribution >= 4 is 23.6 Å². The molecule has 1 rings (SSSR count). The van der Waals surface area contributed by atoms with Crippen molar-refractivity contribution in [1.82, 2.24) is 5.32 Å². The summed E-state index contributed by atoms with van der Waals surface area (Å²) in [6.07, 6.45) is 6.40. The fourth-order valence-corrected chi connectivity index (χ4v) is 2.44. The first-order chi connectivity index (χ1) is 7.65. The van der Waals surface area contributed by atoms with Gasteiger partial charge >= 0.3 is 5.97 Å². The van der Waals surface area contributed by atoms with Crippen LogP contribution in [-0.4, -0.2) is 35.0 Å². The molecule has 1 aliphatic carbocycles. The van der Waals surface area contributed by atoms with Gasteiger partial charge in [-0.1, -0.05) is 12.8 Å². The van der Waals surface area contributed by atoms with E-state index in [1.54, 1.807) is 11.8 Å². The second-order valence-electron chi connectivity index (χ2n) is 4.16. The largest absolute Gasteiger partial charge is 0.480 e. The zero-order chi connectivity index (χ0) is 12.0. The van der Waals surface area contributed by atoms with Gasteiger partial charge in [-0.3, -0.25) is 4.79 Å². The van der Waals surface area contributed by atoms with E-state index in [1.165, 1.54) is 0 Å². The van der Waals surface area contributed by atoms with E-state index < -0.39 is 12.0 Å².